The number of pyridine rings is 1. The van der Waals surface area contributed by atoms with Gasteiger partial charge < -0.3 is 16.0 Å². The first-order valence-corrected chi connectivity index (χ1v) is 7.01. The van der Waals surface area contributed by atoms with Crippen molar-refractivity contribution < 1.29 is 14.0 Å². The molecule has 0 atom stereocenters. The van der Waals surface area contributed by atoms with E-state index in [9.17, 15) is 14.0 Å². The summed E-state index contributed by atoms with van der Waals surface area (Å²) in [5, 5.41) is 8.05. The molecule has 7 heteroatoms. The molecule has 0 spiro atoms. The normalized spacial score (nSPS) is 13.6. The summed E-state index contributed by atoms with van der Waals surface area (Å²) in [6.45, 7) is 0.327. The Morgan fingerprint density at radius 3 is 2.86 bits per heavy atom. The van der Waals surface area contributed by atoms with Crippen molar-refractivity contribution in [3.8, 4) is 0 Å². The first-order valence-electron chi connectivity index (χ1n) is 7.01. The number of amides is 2. The van der Waals surface area contributed by atoms with Gasteiger partial charge >= 0.3 is 0 Å². The van der Waals surface area contributed by atoms with Crippen molar-refractivity contribution in [2.75, 3.05) is 18.9 Å². The van der Waals surface area contributed by atoms with E-state index in [0.717, 1.165) is 12.8 Å². The predicted molar refractivity (Wildman–Crippen MR) is 76.5 cm³/mol. The van der Waals surface area contributed by atoms with E-state index < -0.39 is 11.7 Å². The van der Waals surface area contributed by atoms with Crippen LogP contribution in [-0.4, -0.2) is 36.4 Å². The fraction of sp³-hybridized carbons (Fsp3) is 0.500. The maximum atomic E-state index is 13.9. The summed E-state index contributed by atoms with van der Waals surface area (Å²) in [5.74, 6) is -1.15. The minimum atomic E-state index is -0.677. The van der Waals surface area contributed by atoms with Crippen LogP contribution in [0.2, 0.25) is 0 Å². The first kappa shape index (κ1) is 15.2. The Bertz CT molecular complexity index is 532. The zero-order valence-electron chi connectivity index (χ0n) is 11.9. The van der Waals surface area contributed by atoms with Gasteiger partial charge in [-0.2, -0.15) is 0 Å². The maximum absolute atomic E-state index is 13.9. The summed E-state index contributed by atoms with van der Waals surface area (Å²) < 4.78 is 13.9. The van der Waals surface area contributed by atoms with Crippen LogP contribution in [0.5, 0.6) is 0 Å². The van der Waals surface area contributed by atoms with Crippen LogP contribution in [0.3, 0.4) is 0 Å². The summed E-state index contributed by atoms with van der Waals surface area (Å²) >= 11 is 0. The molecule has 6 nitrogen and oxygen atoms in total. The van der Waals surface area contributed by atoms with Crippen molar-refractivity contribution in [2.24, 2.45) is 0 Å². The van der Waals surface area contributed by atoms with Gasteiger partial charge in [0.15, 0.2) is 11.6 Å². The van der Waals surface area contributed by atoms with Crippen molar-refractivity contribution in [3.63, 3.8) is 0 Å². The van der Waals surface area contributed by atoms with Crippen LogP contribution in [-0.2, 0) is 4.79 Å². The summed E-state index contributed by atoms with van der Waals surface area (Å²) in [5.41, 5.74) is -0.0585. The monoisotopic (exact) mass is 294 g/mol. The van der Waals surface area contributed by atoms with Crippen LogP contribution in [0.25, 0.3) is 0 Å². The van der Waals surface area contributed by atoms with Crippen LogP contribution in [0.1, 0.15) is 36.0 Å². The summed E-state index contributed by atoms with van der Waals surface area (Å²) in [6.07, 6.45) is 4.36. The highest BCUT2D eigenvalue weighted by atomic mass is 19.1. The van der Waals surface area contributed by atoms with Crippen molar-refractivity contribution in [1.82, 2.24) is 15.6 Å². The summed E-state index contributed by atoms with van der Waals surface area (Å²) in [7, 11) is 1.53. The van der Waals surface area contributed by atoms with E-state index >= 15 is 0 Å². The predicted octanol–water partition coefficient (Wildman–Crippen LogP) is 1.05. The van der Waals surface area contributed by atoms with E-state index in [0.29, 0.717) is 25.4 Å². The fourth-order valence-corrected chi connectivity index (χ4v) is 1.87. The average Bonchev–Trinajstić information content (AvgIpc) is 3.27. The Hall–Kier alpha value is -2.18. The smallest absolute Gasteiger partial charge is 0.254 e. The van der Waals surface area contributed by atoms with Gasteiger partial charge in [-0.3, -0.25) is 9.59 Å². The second-order valence-electron chi connectivity index (χ2n) is 4.97. The Morgan fingerprint density at radius 1 is 1.43 bits per heavy atom. The third-order valence-electron chi connectivity index (χ3n) is 3.18. The highest BCUT2D eigenvalue weighted by molar-refractivity contribution is 5.95. The minimum absolute atomic E-state index is 0.000639. The number of hydrogen-bond acceptors (Lipinski definition) is 4. The Balaban J connectivity index is 1.75. The molecule has 0 radical (unpaired) electrons. The maximum Gasteiger partial charge on any atom is 0.254 e. The number of hydrogen-bond donors (Lipinski definition) is 3. The Labute approximate surface area is 122 Å². The molecule has 2 rings (SSSR count). The highest BCUT2D eigenvalue weighted by Crippen LogP contribution is 2.18. The largest absolute Gasteiger partial charge is 0.371 e. The molecule has 0 aromatic carbocycles. The lowest BCUT2D eigenvalue weighted by atomic mass is 10.2. The van der Waals surface area contributed by atoms with E-state index in [1.807, 2.05) is 0 Å². The van der Waals surface area contributed by atoms with Gasteiger partial charge in [-0.25, -0.2) is 9.37 Å². The molecule has 1 heterocycles. The quantitative estimate of drug-likeness (QED) is 0.656. The van der Waals surface area contributed by atoms with E-state index in [4.69, 9.17) is 0 Å². The zero-order valence-corrected chi connectivity index (χ0v) is 11.9. The Morgan fingerprint density at radius 2 is 2.19 bits per heavy atom. The highest BCUT2D eigenvalue weighted by Gasteiger charge is 2.22. The molecule has 2 amide bonds. The lowest BCUT2D eigenvalue weighted by molar-refractivity contribution is -0.121. The topological polar surface area (TPSA) is 83.1 Å². The molecule has 1 saturated carbocycles. The van der Waals surface area contributed by atoms with Crippen LogP contribution < -0.4 is 16.0 Å². The second-order valence-corrected chi connectivity index (χ2v) is 4.97. The van der Waals surface area contributed by atoms with Gasteiger partial charge in [0.05, 0.1) is 5.56 Å². The number of carbonyl (C=O) groups is 2. The van der Waals surface area contributed by atoms with Crippen LogP contribution in [0.4, 0.5) is 10.2 Å². The van der Waals surface area contributed by atoms with Crippen molar-refractivity contribution in [1.29, 1.82) is 0 Å². The molecule has 0 aliphatic heterocycles. The lowest BCUT2D eigenvalue weighted by Crippen LogP contribution is -2.29. The number of nitrogens with one attached hydrogen (secondary N) is 3. The van der Waals surface area contributed by atoms with E-state index in [2.05, 4.69) is 20.9 Å². The fourth-order valence-electron chi connectivity index (χ4n) is 1.87. The molecule has 1 aromatic rings. The molecule has 114 valence electrons. The number of carbonyl (C=O) groups excluding carboxylic acids is 2. The van der Waals surface area contributed by atoms with Gasteiger partial charge in [-0.05, 0) is 25.3 Å². The zero-order chi connectivity index (χ0) is 15.2. The molecule has 1 aliphatic rings. The molecule has 1 aromatic heterocycles. The molecule has 0 unspecified atom stereocenters. The number of nitrogens with zero attached hydrogens (tertiary/aromatic N) is 1. The SMILES string of the molecule is CNc1nccc(C(=O)NCCCC(=O)NC2CC2)c1F. The molecular weight excluding hydrogens is 275 g/mol. The number of rotatable bonds is 7. The van der Waals surface area contributed by atoms with Crippen molar-refractivity contribution in [2.45, 2.75) is 31.7 Å². The van der Waals surface area contributed by atoms with Gasteiger partial charge in [0, 0.05) is 32.3 Å². The molecule has 0 bridgehead atoms. The van der Waals surface area contributed by atoms with Gasteiger partial charge in [-0.15, -0.1) is 0 Å². The van der Waals surface area contributed by atoms with Crippen LogP contribution in [0.15, 0.2) is 12.3 Å². The number of aromatic nitrogens is 1. The van der Waals surface area contributed by atoms with Gasteiger partial charge in [0.1, 0.15) is 0 Å². The summed E-state index contributed by atoms with van der Waals surface area (Å²) in [4.78, 5) is 27.1. The number of halogens is 1. The van der Waals surface area contributed by atoms with E-state index in [1.54, 1.807) is 0 Å². The lowest BCUT2D eigenvalue weighted by Gasteiger charge is -2.08. The van der Waals surface area contributed by atoms with Crippen LogP contribution >= 0.6 is 0 Å². The molecule has 1 fully saturated rings. The average molecular weight is 294 g/mol. The first-order chi connectivity index (χ1) is 10.1. The molecular formula is C14H19FN4O2. The van der Waals surface area contributed by atoms with Gasteiger partial charge in [-0.1, -0.05) is 0 Å². The van der Waals surface area contributed by atoms with Crippen LogP contribution in [0, 0.1) is 5.82 Å². The third kappa shape index (κ3) is 4.40. The third-order valence-corrected chi connectivity index (χ3v) is 3.18. The standard InChI is InChI=1S/C14H19FN4O2/c1-16-13-12(15)10(6-8-17-13)14(21)18-7-2-3-11(20)19-9-4-5-9/h6,8-9H,2-5,7H2,1H3,(H,16,17)(H,18,21)(H,19,20). The summed E-state index contributed by atoms with van der Waals surface area (Å²) in [6, 6.07) is 1.67. The van der Waals surface area contributed by atoms with Gasteiger partial charge in [0.25, 0.3) is 5.91 Å². The Kier molecular flexibility index (Phi) is 5.08. The molecule has 3 N–H and O–H groups in total. The van der Waals surface area contributed by atoms with Crippen molar-refractivity contribution >= 4 is 17.6 Å². The number of anilines is 1. The van der Waals surface area contributed by atoms with Crippen molar-refractivity contribution in [3.05, 3.63) is 23.6 Å². The van der Waals surface area contributed by atoms with Gasteiger partial charge in [0.2, 0.25) is 5.91 Å². The minimum Gasteiger partial charge on any atom is -0.371 e. The molecule has 1 aliphatic carbocycles. The van der Waals surface area contributed by atoms with E-state index in [-0.39, 0.29) is 17.3 Å². The van der Waals surface area contributed by atoms with E-state index in [1.165, 1.54) is 19.3 Å². The molecule has 21 heavy (non-hydrogen) atoms. The molecule has 0 saturated heterocycles. The second kappa shape index (κ2) is 7.01.